The molecule has 11 heteroatoms. The van der Waals surface area contributed by atoms with E-state index < -0.39 is 11.0 Å². The van der Waals surface area contributed by atoms with Crippen LogP contribution in [0.3, 0.4) is 0 Å². The van der Waals surface area contributed by atoms with Crippen molar-refractivity contribution in [2.24, 2.45) is 0 Å². The van der Waals surface area contributed by atoms with E-state index in [2.05, 4.69) is 38.7 Å². The summed E-state index contributed by atoms with van der Waals surface area (Å²) < 4.78 is 13.8. The van der Waals surface area contributed by atoms with Gasteiger partial charge in [-0.1, -0.05) is 23.7 Å². The number of hydrogen-bond acceptors (Lipinski definition) is 8. The van der Waals surface area contributed by atoms with Gasteiger partial charge in [-0.15, -0.1) is 5.53 Å². The summed E-state index contributed by atoms with van der Waals surface area (Å²) >= 11 is 6.70. The number of nitriles is 2. The summed E-state index contributed by atoms with van der Waals surface area (Å²) in [6.07, 6.45) is 7.16. The number of pyridine rings is 1. The SMILES string of the molecule is BC(Nc1cc(Cl)c2ncc(C#N)c(NC3(C#N)CC3)c2c1)(C1=CN(C2CC2)NN1)c1ccc(F)cc1. The fraction of sp³-hybridized carbons (Fsp3) is 0.269. The van der Waals surface area contributed by atoms with Crippen LogP contribution in [0.5, 0.6) is 0 Å². The molecule has 1 atom stereocenters. The summed E-state index contributed by atoms with van der Waals surface area (Å²) in [5.41, 5.74) is 8.79. The van der Waals surface area contributed by atoms with Gasteiger partial charge in [0.15, 0.2) is 0 Å². The van der Waals surface area contributed by atoms with Crippen LogP contribution in [-0.2, 0) is 5.44 Å². The van der Waals surface area contributed by atoms with Gasteiger partial charge in [0.05, 0.1) is 39.0 Å². The quantitative estimate of drug-likeness (QED) is 0.355. The highest BCUT2D eigenvalue weighted by molar-refractivity contribution is 6.36. The van der Waals surface area contributed by atoms with E-state index in [1.807, 2.05) is 25.1 Å². The van der Waals surface area contributed by atoms with Crippen LogP contribution in [0.15, 0.2) is 54.5 Å². The predicted molar refractivity (Wildman–Crippen MR) is 142 cm³/mol. The van der Waals surface area contributed by atoms with Gasteiger partial charge in [0.2, 0.25) is 0 Å². The van der Waals surface area contributed by atoms with Gasteiger partial charge in [-0.3, -0.25) is 9.99 Å². The Hall–Kier alpha value is -3.99. The molecule has 0 bridgehead atoms. The normalized spacial score (nSPS) is 19.2. The largest absolute Gasteiger partial charge is 0.378 e. The van der Waals surface area contributed by atoms with Crippen molar-refractivity contribution < 1.29 is 4.39 Å². The van der Waals surface area contributed by atoms with Gasteiger partial charge in [0.25, 0.3) is 0 Å². The number of nitrogens with zero attached hydrogens (tertiary/aromatic N) is 4. The van der Waals surface area contributed by atoms with E-state index in [1.54, 1.807) is 18.2 Å². The van der Waals surface area contributed by atoms with E-state index in [0.29, 0.717) is 51.7 Å². The van der Waals surface area contributed by atoms with E-state index in [4.69, 9.17) is 11.6 Å². The Kier molecular flexibility index (Phi) is 5.41. The first-order chi connectivity index (χ1) is 17.8. The number of hydrogen-bond donors (Lipinski definition) is 4. The molecule has 0 saturated heterocycles. The summed E-state index contributed by atoms with van der Waals surface area (Å²) in [6, 6.07) is 15.0. The minimum atomic E-state index is -0.792. The average molecular weight is 513 g/mol. The average Bonchev–Trinajstić information content (AvgIpc) is 3.83. The molecule has 6 rings (SSSR count). The number of hydrazine groups is 2. The van der Waals surface area contributed by atoms with Crippen LogP contribution < -0.4 is 21.6 Å². The lowest BCUT2D eigenvalue weighted by atomic mass is 9.69. The standard InChI is InChI=1S/C26H23BClFN8/c27-26(16-1-3-17(29)4-2-16,22-13-37(36-35-22)19-5-6-19)33-18-9-20-23(34-25(14-31)7-8-25)15(11-30)12-32-24(20)21(28)10-18/h1-4,9-10,12-13,19,33,35-36H,5-8,27H2,(H,32,34). The maximum Gasteiger partial charge on any atom is 0.148 e. The van der Waals surface area contributed by atoms with Crippen molar-refractivity contribution in [2.75, 3.05) is 10.6 Å². The summed E-state index contributed by atoms with van der Waals surface area (Å²) in [5, 5.41) is 29.4. The third-order valence-corrected chi connectivity index (χ3v) is 7.54. The highest BCUT2D eigenvalue weighted by Crippen LogP contribution is 2.43. The molecule has 37 heavy (non-hydrogen) atoms. The van der Waals surface area contributed by atoms with Crippen molar-refractivity contribution in [3.05, 3.63) is 76.5 Å². The molecule has 3 aliphatic rings. The Morgan fingerprint density at radius 1 is 1.22 bits per heavy atom. The van der Waals surface area contributed by atoms with Gasteiger partial charge >= 0.3 is 0 Å². The molecule has 1 unspecified atom stereocenters. The Morgan fingerprint density at radius 3 is 2.62 bits per heavy atom. The lowest BCUT2D eigenvalue weighted by Crippen LogP contribution is -2.45. The maximum atomic E-state index is 13.8. The van der Waals surface area contributed by atoms with Gasteiger partial charge in [-0.25, -0.2) is 4.39 Å². The van der Waals surface area contributed by atoms with Crippen LogP contribution in [0.4, 0.5) is 15.8 Å². The van der Waals surface area contributed by atoms with Crippen molar-refractivity contribution in [3.63, 3.8) is 0 Å². The smallest absolute Gasteiger partial charge is 0.148 e. The molecule has 0 spiro atoms. The molecule has 1 aliphatic heterocycles. The number of halogens is 2. The second-order valence-corrected chi connectivity index (χ2v) is 10.4. The molecule has 3 aromatic rings. The molecular formula is C26H23BClFN8. The van der Waals surface area contributed by atoms with Crippen LogP contribution >= 0.6 is 11.6 Å². The van der Waals surface area contributed by atoms with Crippen molar-refractivity contribution >= 4 is 41.7 Å². The zero-order valence-corrected chi connectivity index (χ0v) is 20.8. The number of rotatable bonds is 7. The number of anilines is 2. The van der Waals surface area contributed by atoms with Crippen LogP contribution in [0.25, 0.3) is 10.9 Å². The molecule has 2 fully saturated rings. The van der Waals surface area contributed by atoms with Crippen LogP contribution in [0, 0.1) is 28.5 Å². The lowest BCUT2D eigenvalue weighted by molar-refractivity contribution is 0.260. The predicted octanol–water partition coefficient (Wildman–Crippen LogP) is 3.59. The first kappa shape index (κ1) is 23.4. The topological polar surface area (TPSA) is 112 Å². The number of benzene rings is 2. The Morgan fingerprint density at radius 2 is 1.97 bits per heavy atom. The zero-order chi connectivity index (χ0) is 25.8. The zero-order valence-electron chi connectivity index (χ0n) is 20.1. The maximum absolute atomic E-state index is 13.8. The second kappa shape index (κ2) is 8.55. The van der Waals surface area contributed by atoms with Crippen LogP contribution in [0.1, 0.15) is 36.8 Å². The van der Waals surface area contributed by atoms with E-state index >= 15 is 0 Å². The van der Waals surface area contributed by atoms with Crippen molar-refractivity contribution in [1.29, 1.82) is 10.5 Å². The van der Waals surface area contributed by atoms with Gasteiger partial charge in [0, 0.05) is 29.5 Å². The third kappa shape index (κ3) is 4.19. The molecule has 2 aromatic carbocycles. The molecule has 8 nitrogen and oxygen atoms in total. The summed E-state index contributed by atoms with van der Waals surface area (Å²) in [6.45, 7) is 0. The molecule has 4 N–H and O–H groups in total. The van der Waals surface area contributed by atoms with E-state index in [9.17, 15) is 14.9 Å². The molecule has 2 saturated carbocycles. The van der Waals surface area contributed by atoms with E-state index in [0.717, 1.165) is 24.1 Å². The Balaban J connectivity index is 1.46. The van der Waals surface area contributed by atoms with Crippen LogP contribution in [0.2, 0.25) is 5.02 Å². The Labute approximate surface area is 219 Å². The number of nitrogens with one attached hydrogen (secondary N) is 4. The fourth-order valence-corrected chi connectivity index (χ4v) is 4.95. The second-order valence-electron chi connectivity index (χ2n) is 10.0. The minimum Gasteiger partial charge on any atom is -0.378 e. The molecule has 0 radical (unpaired) electrons. The first-order valence-electron chi connectivity index (χ1n) is 12.1. The van der Waals surface area contributed by atoms with Gasteiger partial charge in [0.1, 0.15) is 25.3 Å². The van der Waals surface area contributed by atoms with E-state index in [1.165, 1.54) is 18.3 Å². The van der Waals surface area contributed by atoms with Crippen molar-refractivity contribution in [2.45, 2.75) is 42.7 Å². The summed E-state index contributed by atoms with van der Waals surface area (Å²) in [5.74, 6) is -0.316. The third-order valence-electron chi connectivity index (χ3n) is 7.26. The summed E-state index contributed by atoms with van der Waals surface area (Å²) in [4.78, 5) is 4.42. The lowest BCUT2D eigenvalue weighted by Gasteiger charge is -2.34. The number of fused-ring (bicyclic) bond motifs is 1. The van der Waals surface area contributed by atoms with E-state index in [-0.39, 0.29) is 5.82 Å². The van der Waals surface area contributed by atoms with Crippen molar-refractivity contribution in [1.82, 2.24) is 21.0 Å². The first-order valence-corrected chi connectivity index (χ1v) is 12.5. The minimum absolute atomic E-state index is 0.316. The van der Waals surface area contributed by atoms with Gasteiger partial charge < -0.3 is 16.1 Å². The van der Waals surface area contributed by atoms with Gasteiger partial charge in [-0.2, -0.15) is 10.5 Å². The summed E-state index contributed by atoms with van der Waals surface area (Å²) in [7, 11) is 2.01. The van der Waals surface area contributed by atoms with Gasteiger partial charge in [-0.05, 0) is 55.5 Å². The molecule has 1 aromatic heterocycles. The molecule has 2 aliphatic carbocycles. The fourth-order valence-electron chi connectivity index (χ4n) is 4.68. The monoisotopic (exact) mass is 512 g/mol. The highest BCUT2D eigenvalue weighted by Gasteiger charge is 2.44. The molecular weight excluding hydrogens is 490 g/mol. The van der Waals surface area contributed by atoms with Crippen molar-refractivity contribution in [3.8, 4) is 12.1 Å². The van der Waals surface area contributed by atoms with Crippen LogP contribution in [-0.4, -0.2) is 29.4 Å². The molecule has 2 heterocycles. The molecule has 184 valence electrons. The highest BCUT2D eigenvalue weighted by atomic mass is 35.5. The molecule has 0 amide bonds. The number of aromatic nitrogens is 1. The Bertz CT molecular complexity index is 1520.